The summed E-state index contributed by atoms with van der Waals surface area (Å²) in [6.07, 6.45) is 6.26. The van der Waals surface area contributed by atoms with Crippen molar-refractivity contribution in [3.63, 3.8) is 0 Å². The minimum Gasteiger partial charge on any atom is -0.349 e. The van der Waals surface area contributed by atoms with Crippen molar-refractivity contribution in [2.24, 2.45) is 17.8 Å². The first-order chi connectivity index (χ1) is 11.8. The molecule has 1 aliphatic carbocycles. The van der Waals surface area contributed by atoms with Crippen molar-refractivity contribution in [3.8, 4) is 0 Å². The van der Waals surface area contributed by atoms with Gasteiger partial charge in [-0.15, -0.1) is 0 Å². The highest BCUT2D eigenvalue weighted by Gasteiger charge is 2.27. The standard InChI is InChI=1S/C21H31Cl2NO/c1-13(2)14(3)10-12-18(24-21(25)16-7-5-6-8-16)19-15(4)9-11-17(22)20(19)23/h9,11,13-14,16,18H,5-8,10,12H2,1-4H3,(H,24,25). The molecule has 0 spiro atoms. The molecule has 1 N–H and O–H groups in total. The molecule has 4 heteroatoms. The Hall–Kier alpha value is -0.730. The van der Waals surface area contributed by atoms with Crippen LogP contribution in [0.4, 0.5) is 0 Å². The van der Waals surface area contributed by atoms with Gasteiger partial charge < -0.3 is 5.32 Å². The summed E-state index contributed by atoms with van der Waals surface area (Å²) in [5.74, 6) is 1.56. The van der Waals surface area contributed by atoms with E-state index >= 15 is 0 Å². The minimum absolute atomic E-state index is 0.0690. The first-order valence-corrected chi connectivity index (χ1v) is 10.3. The number of amides is 1. The van der Waals surface area contributed by atoms with Crippen molar-refractivity contribution in [2.45, 2.75) is 72.3 Å². The minimum atomic E-state index is -0.0690. The number of carbonyl (C=O) groups excluding carboxylic acids is 1. The van der Waals surface area contributed by atoms with E-state index in [2.05, 4.69) is 26.1 Å². The molecule has 1 saturated carbocycles. The molecule has 2 nitrogen and oxygen atoms in total. The molecule has 0 aliphatic heterocycles. The van der Waals surface area contributed by atoms with E-state index in [1.807, 2.05) is 19.1 Å². The van der Waals surface area contributed by atoms with Crippen LogP contribution in [0.25, 0.3) is 0 Å². The fraction of sp³-hybridized carbons (Fsp3) is 0.667. The SMILES string of the molecule is Cc1ccc(Cl)c(Cl)c1C(CCC(C)C(C)C)NC(=O)C1CCCC1. The summed E-state index contributed by atoms with van der Waals surface area (Å²) >= 11 is 12.8. The van der Waals surface area contributed by atoms with Gasteiger partial charge in [0.05, 0.1) is 16.1 Å². The third-order valence-electron chi connectivity index (χ3n) is 5.79. The maximum absolute atomic E-state index is 12.7. The fourth-order valence-corrected chi connectivity index (χ4v) is 4.13. The van der Waals surface area contributed by atoms with Gasteiger partial charge in [0, 0.05) is 5.92 Å². The van der Waals surface area contributed by atoms with Crippen LogP contribution in [0.1, 0.15) is 76.5 Å². The third kappa shape index (κ3) is 5.37. The molecule has 1 fully saturated rings. The zero-order valence-electron chi connectivity index (χ0n) is 15.9. The third-order valence-corrected chi connectivity index (χ3v) is 6.61. The highest BCUT2D eigenvalue weighted by atomic mass is 35.5. The largest absolute Gasteiger partial charge is 0.349 e. The van der Waals surface area contributed by atoms with Gasteiger partial charge in [0.15, 0.2) is 0 Å². The lowest BCUT2D eigenvalue weighted by Crippen LogP contribution is -2.34. The second-order valence-electron chi connectivity index (χ2n) is 7.93. The van der Waals surface area contributed by atoms with E-state index in [9.17, 15) is 4.79 Å². The monoisotopic (exact) mass is 383 g/mol. The molecule has 1 amide bonds. The van der Waals surface area contributed by atoms with Crippen LogP contribution < -0.4 is 5.32 Å². The Morgan fingerprint density at radius 3 is 2.40 bits per heavy atom. The first-order valence-electron chi connectivity index (χ1n) is 9.56. The van der Waals surface area contributed by atoms with Crippen molar-refractivity contribution in [2.75, 3.05) is 0 Å². The summed E-state index contributed by atoms with van der Waals surface area (Å²) in [7, 11) is 0. The Bertz CT molecular complexity index is 594. The number of rotatable bonds is 7. The lowest BCUT2D eigenvalue weighted by atomic mass is 9.88. The Balaban J connectivity index is 2.22. The Labute approximate surface area is 162 Å². The number of hydrogen-bond acceptors (Lipinski definition) is 1. The van der Waals surface area contributed by atoms with E-state index in [0.29, 0.717) is 21.9 Å². The van der Waals surface area contributed by atoms with E-state index in [0.717, 1.165) is 49.7 Å². The van der Waals surface area contributed by atoms with Gasteiger partial charge in [-0.3, -0.25) is 4.79 Å². The topological polar surface area (TPSA) is 29.1 Å². The Morgan fingerprint density at radius 2 is 1.80 bits per heavy atom. The predicted octanol–water partition coefficient (Wildman–Crippen LogP) is 6.72. The van der Waals surface area contributed by atoms with Gasteiger partial charge in [-0.25, -0.2) is 0 Å². The maximum Gasteiger partial charge on any atom is 0.223 e. The highest BCUT2D eigenvalue weighted by Crippen LogP contribution is 2.36. The van der Waals surface area contributed by atoms with Crippen molar-refractivity contribution in [1.82, 2.24) is 5.32 Å². The van der Waals surface area contributed by atoms with E-state index in [1.165, 1.54) is 0 Å². The van der Waals surface area contributed by atoms with E-state index in [1.54, 1.807) is 0 Å². The van der Waals surface area contributed by atoms with Crippen LogP contribution in [0.3, 0.4) is 0 Å². The van der Waals surface area contributed by atoms with Crippen LogP contribution >= 0.6 is 23.2 Å². The zero-order chi connectivity index (χ0) is 18.6. The van der Waals surface area contributed by atoms with Gasteiger partial charge in [0.25, 0.3) is 0 Å². The quantitative estimate of drug-likeness (QED) is 0.555. The lowest BCUT2D eigenvalue weighted by Gasteiger charge is -2.26. The first kappa shape index (κ1) is 20.6. The summed E-state index contributed by atoms with van der Waals surface area (Å²) in [5.41, 5.74) is 2.07. The van der Waals surface area contributed by atoms with E-state index in [4.69, 9.17) is 23.2 Å². The number of halogens is 2. The van der Waals surface area contributed by atoms with Crippen molar-refractivity contribution >= 4 is 29.1 Å². The Morgan fingerprint density at radius 1 is 1.16 bits per heavy atom. The van der Waals surface area contributed by atoms with Gasteiger partial charge in [-0.05, 0) is 61.6 Å². The van der Waals surface area contributed by atoms with Gasteiger partial charge >= 0.3 is 0 Å². The van der Waals surface area contributed by atoms with Gasteiger partial charge in [-0.2, -0.15) is 0 Å². The van der Waals surface area contributed by atoms with Crippen molar-refractivity contribution in [1.29, 1.82) is 0 Å². The smallest absolute Gasteiger partial charge is 0.223 e. The summed E-state index contributed by atoms with van der Waals surface area (Å²) in [5, 5.41) is 4.43. The number of carbonyl (C=O) groups is 1. The number of nitrogens with one attached hydrogen (secondary N) is 1. The molecule has 1 aromatic carbocycles. The van der Waals surface area contributed by atoms with Crippen LogP contribution in [0.2, 0.25) is 10.0 Å². The van der Waals surface area contributed by atoms with Crippen molar-refractivity contribution in [3.05, 3.63) is 33.3 Å². The molecule has 140 valence electrons. The summed E-state index contributed by atoms with van der Waals surface area (Å²) in [6, 6.07) is 3.75. The van der Waals surface area contributed by atoms with Crippen LogP contribution in [0.5, 0.6) is 0 Å². The van der Waals surface area contributed by atoms with E-state index < -0.39 is 0 Å². The maximum atomic E-state index is 12.7. The van der Waals surface area contributed by atoms with Crippen LogP contribution in [0.15, 0.2) is 12.1 Å². The normalized spacial score (nSPS) is 17.7. The molecule has 0 saturated heterocycles. The van der Waals surface area contributed by atoms with Crippen LogP contribution in [-0.2, 0) is 4.79 Å². The number of benzene rings is 1. The molecule has 2 atom stereocenters. The van der Waals surface area contributed by atoms with E-state index in [-0.39, 0.29) is 17.9 Å². The number of aryl methyl sites for hydroxylation is 1. The molecule has 0 heterocycles. The summed E-state index contributed by atoms with van der Waals surface area (Å²) in [6.45, 7) is 8.80. The zero-order valence-corrected chi connectivity index (χ0v) is 17.4. The molecule has 25 heavy (non-hydrogen) atoms. The van der Waals surface area contributed by atoms with Gasteiger partial charge in [-0.1, -0.05) is 62.9 Å². The second kappa shape index (κ2) is 9.28. The molecular formula is C21H31Cl2NO. The highest BCUT2D eigenvalue weighted by molar-refractivity contribution is 6.42. The molecule has 0 radical (unpaired) electrons. The lowest BCUT2D eigenvalue weighted by molar-refractivity contribution is -0.125. The number of hydrogen-bond donors (Lipinski definition) is 1. The molecule has 1 aliphatic rings. The molecular weight excluding hydrogens is 353 g/mol. The fourth-order valence-electron chi connectivity index (χ4n) is 3.62. The molecule has 2 unspecified atom stereocenters. The molecule has 0 aromatic heterocycles. The van der Waals surface area contributed by atoms with Crippen molar-refractivity contribution < 1.29 is 4.79 Å². The van der Waals surface area contributed by atoms with Crippen LogP contribution in [-0.4, -0.2) is 5.91 Å². The predicted molar refractivity (Wildman–Crippen MR) is 107 cm³/mol. The summed E-state index contributed by atoms with van der Waals surface area (Å²) < 4.78 is 0. The second-order valence-corrected chi connectivity index (χ2v) is 8.72. The molecule has 0 bridgehead atoms. The van der Waals surface area contributed by atoms with Gasteiger partial charge in [0.2, 0.25) is 5.91 Å². The molecule has 1 aromatic rings. The van der Waals surface area contributed by atoms with Crippen LogP contribution in [0, 0.1) is 24.7 Å². The average molecular weight is 384 g/mol. The molecule has 2 rings (SSSR count). The Kier molecular flexibility index (Phi) is 7.64. The average Bonchev–Trinajstić information content (AvgIpc) is 3.10. The summed E-state index contributed by atoms with van der Waals surface area (Å²) in [4.78, 5) is 12.7. The van der Waals surface area contributed by atoms with Gasteiger partial charge in [0.1, 0.15) is 0 Å².